The van der Waals surface area contributed by atoms with Crippen molar-refractivity contribution in [1.82, 2.24) is 9.80 Å². The van der Waals surface area contributed by atoms with Gasteiger partial charge in [-0.15, -0.1) is 0 Å². The van der Waals surface area contributed by atoms with Crippen molar-refractivity contribution < 1.29 is 18.7 Å². The van der Waals surface area contributed by atoms with E-state index in [4.69, 9.17) is 9.47 Å². The second kappa shape index (κ2) is 8.55. The number of ether oxygens (including phenoxy) is 2. The zero-order valence-corrected chi connectivity index (χ0v) is 14.0. The summed E-state index contributed by atoms with van der Waals surface area (Å²) in [6.45, 7) is 5.90. The lowest BCUT2D eigenvalue weighted by atomic mass is 10.1. The average molecular weight is 336 g/mol. The van der Waals surface area contributed by atoms with E-state index in [1.54, 1.807) is 23.1 Å². The number of rotatable bonds is 6. The lowest BCUT2D eigenvalue weighted by molar-refractivity contribution is 0.00655. The number of carbonyl (C=O) groups is 1. The van der Waals surface area contributed by atoms with Crippen molar-refractivity contribution in [2.75, 3.05) is 52.5 Å². The van der Waals surface area contributed by atoms with Gasteiger partial charge in [0.2, 0.25) is 0 Å². The minimum atomic E-state index is -0.451. The first-order chi connectivity index (χ1) is 11.7. The molecule has 0 aliphatic carbocycles. The molecule has 1 amide bonds. The van der Waals surface area contributed by atoms with E-state index in [1.165, 1.54) is 6.07 Å². The van der Waals surface area contributed by atoms with Gasteiger partial charge in [-0.1, -0.05) is 12.1 Å². The Balaban J connectivity index is 1.36. The van der Waals surface area contributed by atoms with Gasteiger partial charge in [0, 0.05) is 39.3 Å². The molecule has 1 aromatic rings. The molecule has 1 atom stereocenters. The van der Waals surface area contributed by atoms with Crippen LogP contribution in [0.5, 0.6) is 0 Å². The van der Waals surface area contributed by atoms with E-state index in [9.17, 15) is 9.18 Å². The van der Waals surface area contributed by atoms with Gasteiger partial charge in [-0.2, -0.15) is 0 Å². The molecule has 0 bridgehead atoms. The zero-order chi connectivity index (χ0) is 16.8. The van der Waals surface area contributed by atoms with Crippen molar-refractivity contribution in [3.8, 4) is 0 Å². The molecule has 6 heteroatoms. The number of nitrogens with zero attached hydrogens (tertiary/aromatic N) is 2. The van der Waals surface area contributed by atoms with Gasteiger partial charge >= 0.3 is 0 Å². The molecule has 0 unspecified atom stereocenters. The second-order valence-corrected chi connectivity index (χ2v) is 6.32. The molecule has 5 nitrogen and oxygen atoms in total. The third-order valence-electron chi connectivity index (χ3n) is 4.64. The molecule has 2 aliphatic heterocycles. The van der Waals surface area contributed by atoms with E-state index in [0.717, 1.165) is 39.1 Å². The quantitative estimate of drug-likeness (QED) is 0.743. The van der Waals surface area contributed by atoms with Gasteiger partial charge in [-0.05, 0) is 25.0 Å². The molecule has 3 rings (SSSR count). The predicted molar refractivity (Wildman–Crippen MR) is 88.5 cm³/mol. The van der Waals surface area contributed by atoms with Crippen LogP contribution in [0.25, 0.3) is 0 Å². The second-order valence-electron chi connectivity index (χ2n) is 6.32. The number of amides is 1. The number of piperazine rings is 1. The Kier molecular flexibility index (Phi) is 6.18. The highest BCUT2D eigenvalue weighted by molar-refractivity contribution is 5.94. The van der Waals surface area contributed by atoms with Crippen LogP contribution in [-0.2, 0) is 9.47 Å². The van der Waals surface area contributed by atoms with Crippen molar-refractivity contribution in [2.24, 2.45) is 0 Å². The summed E-state index contributed by atoms with van der Waals surface area (Å²) in [5.41, 5.74) is 0.158. The van der Waals surface area contributed by atoms with Crippen molar-refractivity contribution >= 4 is 5.91 Å². The van der Waals surface area contributed by atoms with Gasteiger partial charge in [0.1, 0.15) is 5.82 Å². The highest BCUT2D eigenvalue weighted by Crippen LogP contribution is 2.13. The van der Waals surface area contributed by atoms with Crippen LogP contribution in [0.2, 0.25) is 0 Å². The van der Waals surface area contributed by atoms with Gasteiger partial charge in [0.25, 0.3) is 5.91 Å². The summed E-state index contributed by atoms with van der Waals surface area (Å²) in [5, 5.41) is 0. The standard InChI is InChI=1S/C18H25FN2O3/c19-17-6-2-1-5-16(17)18(22)21-9-7-20(8-10-21)11-13-23-14-15-4-3-12-24-15/h1-2,5-6,15H,3-4,7-14H2/t15-/m1/s1. The Bertz CT molecular complexity index is 541. The molecule has 0 N–H and O–H groups in total. The Morgan fingerprint density at radius 3 is 2.75 bits per heavy atom. The maximum atomic E-state index is 13.7. The maximum absolute atomic E-state index is 13.7. The number of carbonyl (C=O) groups excluding carboxylic acids is 1. The number of benzene rings is 1. The zero-order valence-electron chi connectivity index (χ0n) is 14.0. The van der Waals surface area contributed by atoms with Crippen LogP contribution in [0.4, 0.5) is 4.39 Å². The number of hydrogen-bond donors (Lipinski definition) is 0. The predicted octanol–water partition coefficient (Wildman–Crippen LogP) is 1.78. The fraction of sp³-hybridized carbons (Fsp3) is 0.611. The van der Waals surface area contributed by atoms with Gasteiger partial charge in [-0.25, -0.2) is 4.39 Å². The van der Waals surface area contributed by atoms with Crippen molar-refractivity contribution in [3.05, 3.63) is 35.6 Å². The largest absolute Gasteiger partial charge is 0.377 e. The Morgan fingerprint density at radius 1 is 1.25 bits per heavy atom. The monoisotopic (exact) mass is 336 g/mol. The van der Waals surface area contributed by atoms with Crippen LogP contribution in [-0.4, -0.2) is 74.4 Å². The molecular weight excluding hydrogens is 311 g/mol. The van der Waals surface area contributed by atoms with Gasteiger partial charge in [0.05, 0.1) is 24.9 Å². The van der Waals surface area contributed by atoms with E-state index >= 15 is 0 Å². The molecular formula is C18H25FN2O3. The van der Waals surface area contributed by atoms with Gasteiger partial charge in [0.15, 0.2) is 0 Å². The SMILES string of the molecule is O=C(c1ccccc1F)N1CCN(CCOC[C@H]2CCCO2)CC1. The molecule has 24 heavy (non-hydrogen) atoms. The van der Waals surface area contributed by atoms with E-state index < -0.39 is 5.82 Å². The third-order valence-corrected chi connectivity index (χ3v) is 4.64. The average Bonchev–Trinajstić information content (AvgIpc) is 3.13. The molecule has 0 radical (unpaired) electrons. The normalized spacial score (nSPS) is 22.0. The maximum Gasteiger partial charge on any atom is 0.256 e. The lowest BCUT2D eigenvalue weighted by Crippen LogP contribution is -2.49. The van der Waals surface area contributed by atoms with Crippen LogP contribution < -0.4 is 0 Å². The first kappa shape index (κ1) is 17.3. The first-order valence-corrected chi connectivity index (χ1v) is 8.69. The lowest BCUT2D eigenvalue weighted by Gasteiger charge is -2.34. The van der Waals surface area contributed by atoms with Crippen LogP contribution in [0.3, 0.4) is 0 Å². The fourth-order valence-electron chi connectivity index (χ4n) is 3.16. The first-order valence-electron chi connectivity index (χ1n) is 8.69. The van der Waals surface area contributed by atoms with Gasteiger partial charge < -0.3 is 14.4 Å². The van der Waals surface area contributed by atoms with Crippen molar-refractivity contribution in [2.45, 2.75) is 18.9 Å². The topological polar surface area (TPSA) is 42.0 Å². The summed E-state index contributed by atoms with van der Waals surface area (Å²) < 4.78 is 24.9. The highest BCUT2D eigenvalue weighted by atomic mass is 19.1. The van der Waals surface area contributed by atoms with Crippen LogP contribution >= 0.6 is 0 Å². The molecule has 2 fully saturated rings. The molecule has 2 heterocycles. The summed E-state index contributed by atoms with van der Waals surface area (Å²) in [7, 11) is 0. The molecule has 2 saturated heterocycles. The number of halogens is 1. The molecule has 0 spiro atoms. The van der Waals surface area contributed by atoms with E-state index in [2.05, 4.69) is 4.90 Å². The van der Waals surface area contributed by atoms with Crippen molar-refractivity contribution in [1.29, 1.82) is 0 Å². The summed E-state index contributed by atoms with van der Waals surface area (Å²) in [6.07, 6.45) is 2.49. The molecule has 132 valence electrons. The van der Waals surface area contributed by atoms with Crippen molar-refractivity contribution in [3.63, 3.8) is 0 Å². The Morgan fingerprint density at radius 2 is 2.04 bits per heavy atom. The summed E-state index contributed by atoms with van der Waals surface area (Å²) in [6, 6.07) is 6.16. The summed E-state index contributed by atoms with van der Waals surface area (Å²) in [5.74, 6) is -0.671. The summed E-state index contributed by atoms with van der Waals surface area (Å²) in [4.78, 5) is 16.4. The summed E-state index contributed by atoms with van der Waals surface area (Å²) >= 11 is 0. The van der Waals surface area contributed by atoms with Crippen LogP contribution in [0, 0.1) is 5.82 Å². The molecule has 2 aliphatic rings. The van der Waals surface area contributed by atoms with Crippen LogP contribution in [0.15, 0.2) is 24.3 Å². The van der Waals surface area contributed by atoms with Crippen LogP contribution in [0.1, 0.15) is 23.2 Å². The minimum Gasteiger partial charge on any atom is -0.377 e. The van der Waals surface area contributed by atoms with E-state index in [-0.39, 0.29) is 17.6 Å². The molecule has 1 aromatic carbocycles. The Labute approximate surface area is 142 Å². The Hall–Kier alpha value is -1.50. The molecule has 0 saturated carbocycles. The molecule has 0 aromatic heterocycles. The van der Waals surface area contributed by atoms with E-state index in [1.807, 2.05) is 0 Å². The third kappa shape index (κ3) is 4.53. The van der Waals surface area contributed by atoms with E-state index in [0.29, 0.717) is 26.3 Å². The minimum absolute atomic E-state index is 0.158. The number of hydrogen-bond acceptors (Lipinski definition) is 4. The smallest absolute Gasteiger partial charge is 0.256 e. The fourth-order valence-corrected chi connectivity index (χ4v) is 3.16. The van der Waals surface area contributed by atoms with Gasteiger partial charge in [-0.3, -0.25) is 9.69 Å². The highest BCUT2D eigenvalue weighted by Gasteiger charge is 2.23.